The average molecular weight is 902 g/mol. The zero-order chi connectivity index (χ0) is 40.4. The van der Waals surface area contributed by atoms with Crippen LogP contribution in [-0.4, -0.2) is 65.0 Å². The summed E-state index contributed by atoms with van der Waals surface area (Å²) in [7, 11) is 0. The van der Waals surface area contributed by atoms with Crippen molar-refractivity contribution in [3.63, 3.8) is 0 Å². The maximum atomic E-state index is 9.98. The minimum Gasteiger partial charge on any atom is -0.876 e. The summed E-state index contributed by atoms with van der Waals surface area (Å²) in [6.45, 7) is 10.8. The van der Waals surface area contributed by atoms with Crippen molar-refractivity contribution in [1.29, 1.82) is 0 Å². The van der Waals surface area contributed by atoms with Crippen molar-refractivity contribution in [2.75, 3.05) is 0 Å². The third-order valence-corrected chi connectivity index (χ3v) is 3.89. The van der Waals surface area contributed by atoms with Gasteiger partial charge in [-0.3, -0.25) is 39.1 Å². The predicted molar refractivity (Wildman–Crippen MR) is 209 cm³/mol. The topological polar surface area (TPSA) is 338 Å². The normalized spacial score (nSPS) is 8.83. The standard InChI is InChI=1S/4C5H5N.4C5H8O2.2Ni.4H2O/c4*1-2-4-6-5-3-1;4*1-4(6)3-5(2)7;;;;;;/h4*1-5H;4*3,6H,1-2H3;;;4*1H2/q;;;;;;;;2*+2;;;;/p-4/b;;;;4*4-3-;;;;;;. The Kier molecular flexibility index (Phi) is 80.2. The zero-order valence-electron chi connectivity index (χ0n) is 33.5. The van der Waals surface area contributed by atoms with Gasteiger partial charge in [0.15, 0.2) is 23.1 Å². The van der Waals surface area contributed by atoms with Crippen LogP contribution in [0.15, 0.2) is 170 Å². The molecule has 0 amide bonds. The second kappa shape index (κ2) is 60.5. The van der Waals surface area contributed by atoms with Crippen LogP contribution < -0.4 is 20.4 Å². The van der Waals surface area contributed by atoms with Gasteiger partial charge in [0.05, 0.1) is 0 Å². The number of carbonyl (C=O) groups is 4. The Morgan fingerprint density at radius 2 is 0.431 bits per heavy atom. The number of allylic oxidation sites excluding steroid dienone is 8. The SMILES string of the molecule is CC(=O)/C=C(/C)[O-].CC(=O)/C=C(/C)[O-].CC(=O)/C=C(/C)[O-].CC(=O)/C=C(/C)[O-].O.O.O.O.[Ni+2].[Ni+2].c1ccncc1.c1ccncc1.c1ccncc1.c1ccncc1. The fourth-order valence-electron chi connectivity index (χ4n) is 2.40. The fourth-order valence-corrected chi connectivity index (χ4v) is 2.40. The molecule has 0 fully saturated rings. The van der Waals surface area contributed by atoms with E-state index < -0.39 is 0 Å². The summed E-state index contributed by atoms with van der Waals surface area (Å²) in [6, 6.07) is 22.9. The van der Waals surface area contributed by atoms with Gasteiger partial charge in [-0.1, -0.05) is 52.0 Å². The van der Waals surface area contributed by atoms with E-state index in [0.717, 1.165) is 24.3 Å². The number of hydrogen-bond acceptors (Lipinski definition) is 12. The maximum Gasteiger partial charge on any atom is 2.00 e. The van der Waals surface area contributed by atoms with Crippen LogP contribution in [0.3, 0.4) is 0 Å². The molecule has 4 aromatic heterocycles. The summed E-state index contributed by atoms with van der Waals surface area (Å²) < 4.78 is 0. The third-order valence-electron chi connectivity index (χ3n) is 3.89. The van der Waals surface area contributed by atoms with Crippen LogP contribution in [0.4, 0.5) is 0 Å². The smallest absolute Gasteiger partial charge is 0.876 e. The maximum absolute atomic E-state index is 9.98. The summed E-state index contributed by atoms with van der Waals surface area (Å²) in [4.78, 5) is 55.0. The molecule has 16 nitrogen and oxygen atoms in total. The minimum atomic E-state index is -0.187. The first kappa shape index (κ1) is 76.9. The summed E-state index contributed by atoms with van der Waals surface area (Å²) in [5.41, 5.74) is 0. The van der Waals surface area contributed by atoms with Crippen LogP contribution >= 0.6 is 0 Å². The van der Waals surface area contributed by atoms with E-state index in [1.165, 1.54) is 55.4 Å². The monoisotopic (exact) mass is 900 g/mol. The Bertz CT molecular complexity index is 1210. The van der Waals surface area contributed by atoms with Crippen LogP contribution in [0.1, 0.15) is 55.4 Å². The van der Waals surface area contributed by atoms with Gasteiger partial charge >= 0.3 is 33.0 Å². The fraction of sp³-hybridized carbons (Fsp3) is 0.200. The molecule has 0 aliphatic heterocycles. The molecule has 0 atom stereocenters. The summed E-state index contributed by atoms with van der Waals surface area (Å²) >= 11 is 0. The number of carbonyl (C=O) groups excluding carboxylic acids is 4. The number of pyridine rings is 4. The van der Waals surface area contributed by atoms with Gasteiger partial charge in [-0.05, 0) is 101 Å². The van der Waals surface area contributed by atoms with E-state index in [4.69, 9.17) is 0 Å². The number of ketones is 4. The van der Waals surface area contributed by atoms with Gasteiger partial charge in [0.2, 0.25) is 0 Å². The number of rotatable bonds is 4. The van der Waals surface area contributed by atoms with Crippen molar-refractivity contribution in [3.8, 4) is 0 Å². The van der Waals surface area contributed by atoms with Gasteiger partial charge in [-0.2, -0.15) is 0 Å². The molecule has 18 heteroatoms. The molecule has 0 saturated carbocycles. The Hall–Kier alpha value is -5.73. The van der Waals surface area contributed by atoms with Crippen LogP contribution in [-0.2, 0) is 52.2 Å². The van der Waals surface area contributed by atoms with E-state index in [0.29, 0.717) is 0 Å². The number of aromatic nitrogens is 4. The van der Waals surface area contributed by atoms with Crippen LogP contribution in [0.25, 0.3) is 0 Å². The van der Waals surface area contributed by atoms with Crippen molar-refractivity contribution >= 4 is 23.1 Å². The van der Waals surface area contributed by atoms with E-state index in [2.05, 4.69) is 19.9 Å². The third kappa shape index (κ3) is 104. The molecule has 328 valence electrons. The summed E-state index contributed by atoms with van der Waals surface area (Å²) in [5, 5.41) is 39.9. The van der Waals surface area contributed by atoms with Crippen molar-refractivity contribution in [1.82, 2.24) is 19.9 Å². The van der Waals surface area contributed by atoms with Crippen molar-refractivity contribution in [2.45, 2.75) is 55.4 Å². The largest absolute Gasteiger partial charge is 2.00 e. The van der Waals surface area contributed by atoms with E-state index in [-0.39, 0.29) is 101 Å². The molecule has 0 saturated heterocycles. The van der Waals surface area contributed by atoms with Crippen LogP contribution in [0.2, 0.25) is 0 Å². The summed E-state index contributed by atoms with van der Waals surface area (Å²) in [5.74, 6) is -1.50. The van der Waals surface area contributed by atoms with Crippen LogP contribution in [0, 0.1) is 0 Å². The average Bonchev–Trinajstić information content (AvgIpc) is 3.07. The molecule has 0 aliphatic rings. The van der Waals surface area contributed by atoms with Gasteiger partial charge in [0.1, 0.15) is 0 Å². The first-order valence-electron chi connectivity index (χ1n) is 15.3. The molecule has 4 aromatic rings. The molecule has 0 aromatic carbocycles. The predicted octanol–water partition coefficient (Wildman–Crippen LogP) is 0.381. The first-order valence-corrected chi connectivity index (χ1v) is 15.3. The molecular weight excluding hydrogens is 846 g/mol. The minimum absolute atomic E-state index is 0. The van der Waals surface area contributed by atoms with Gasteiger partial charge in [0, 0.05) is 49.6 Å². The van der Waals surface area contributed by atoms with Crippen molar-refractivity contribution < 1.29 is 94.5 Å². The number of nitrogens with zero attached hydrogens (tertiary/aromatic N) is 4. The molecule has 0 radical (unpaired) electrons. The molecular formula is C40H56N4Ni2O12. The van der Waals surface area contributed by atoms with E-state index in [9.17, 15) is 39.6 Å². The number of hydrogen-bond donors (Lipinski definition) is 0. The molecule has 0 spiro atoms. The Morgan fingerprint density at radius 3 is 0.448 bits per heavy atom. The van der Waals surface area contributed by atoms with E-state index >= 15 is 0 Å². The molecule has 58 heavy (non-hydrogen) atoms. The molecule has 0 bridgehead atoms. The Morgan fingerprint density at radius 1 is 0.310 bits per heavy atom. The van der Waals surface area contributed by atoms with E-state index in [1.54, 1.807) is 49.6 Å². The molecule has 8 N–H and O–H groups in total. The van der Waals surface area contributed by atoms with Gasteiger partial charge < -0.3 is 42.3 Å². The Balaban J connectivity index is -0.0000000559. The van der Waals surface area contributed by atoms with E-state index in [1.807, 2.05) is 72.8 Å². The Labute approximate surface area is 361 Å². The molecule has 4 rings (SSSR count). The quantitative estimate of drug-likeness (QED) is 0.152. The second-order valence-electron chi connectivity index (χ2n) is 9.56. The second-order valence-corrected chi connectivity index (χ2v) is 9.56. The molecule has 0 aliphatic carbocycles. The van der Waals surface area contributed by atoms with Gasteiger partial charge in [0.25, 0.3) is 0 Å². The molecule has 0 unspecified atom stereocenters. The summed E-state index contributed by atoms with van der Waals surface area (Å²) in [6.07, 6.45) is 18.2. The van der Waals surface area contributed by atoms with Gasteiger partial charge in [-0.15, -0.1) is 23.0 Å². The van der Waals surface area contributed by atoms with Gasteiger partial charge in [-0.25, -0.2) is 0 Å². The van der Waals surface area contributed by atoms with Crippen molar-refractivity contribution in [2.24, 2.45) is 0 Å². The first-order chi connectivity index (χ1) is 24.5. The molecule has 4 heterocycles. The zero-order valence-corrected chi connectivity index (χ0v) is 35.5. The van der Waals surface area contributed by atoms with Crippen LogP contribution in [0.5, 0.6) is 0 Å². The van der Waals surface area contributed by atoms with Crippen molar-refractivity contribution in [3.05, 3.63) is 170 Å².